The second kappa shape index (κ2) is 7.38. The van der Waals surface area contributed by atoms with E-state index in [1.54, 1.807) is 6.20 Å². The van der Waals surface area contributed by atoms with Gasteiger partial charge >= 0.3 is 0 Å². The Kier molecular flexibility index (Phi) is 5.98. The predicted octanol–water partition coefficient (Wildman–Crippen LogP) is 3.94. The van der Waals surface area contributed by atoms with Crippen molar-refractivity contribution in [1.29, 1.82) is 0 Å². The molecule has 1 aromatic heterocycles. The second-order valence-corrected chi connectivity index (χ2v) is 4.25. The summed E-state index contributed by atoms with van der Waals surface area (Å²) in [5.74, 6) is 0.556. The van der Waals surface area contributed by atoms with Crippen molar-refractivity contribution in [2.24, 2.45) is 0 Å². The van der Waals surface area contributed by atoms with Gasteiger partial charge in [0.05, 0.1) is 5.69 Å². The Balaban J connectivity index is 2.16. The molecule has 0 saturated heterocycles. The van der Waals surface area contributed by atoms with Gasteiger partial charge in [0.1, 0.15) is 0 Å². The van der Waals surface area contributed by atoms with E-state index in [0.29, 0.717) is 5.92 Å². The third-order valence-electron chi connectivity index (χ3n) is 2.84. The van der Waals surface area contributed by atoms with E-state index in [1.165, 1.54) is 38.5 Å². The van der Waals surface area contributed by atoms with Crippen LogP contribution in [0.4, 0.5) is 0 Å². The number of rotatable bonds is 7. The number of hydrogen-bond acceptors (Lipinski definition) is 2. The van der Waals surface area contributed by atoms with E-state index >= 15 is 0 Å². The van der Waals surface area contributed by atoms with Crippen molar-refractivity contribution < 1.29 is 0 Å². The van der Waals surface area contributed by atoms with Gasteiger partial charge in [0.2, 0.25) is 0 Å². The van der Waals surface area contributed by atoms with Gasteiger partial charge in [0.25, 0.3) is 0 Å². The summed E-state index contributed by atoms with van der Waals surface area (Å²) in [4.78, 5) is 0. The lowest BCUT2D eigenvalue weighted by molar-refractivity contribution is 0.557. The molecule has 0 aliphatic rings. The average Bonchev–Trinajstić information content (AvgIpc) is 2.30. The molecule has 0 bridgehead atoms. The maximum absolute atomic E-state index is 4.14. The Bertz CT molecular complexity index is 246. The number of aromatic nitrogens is 2. The van der Waals surface area contributed by atoms with Crippen LogP contribution in [0, 0.1) is 0 Å². The van der Waals surface area contributed by atoms with E-state index in [9.17, 15) is 0 Å². The highest BCUT2D eigenvalue weighted by Crippen LogP contribution is 2.19. The normalized spacial score (nSPS) is 12.7. The molecular formula is C13H22N2. The fourth-order valence-electron chi connectivity index (χ4n) is 1.78. The standard InChI is InChI=1S/C13H22N2/c1-3-4-5-6-7-9-12(2)13-10-8-11-14-15-13/h8,10-12H,3-7,9H2,1-2H3. The smallest absolute Gasteiger partial charge is 0.0659 e. The molecule has 0 saturated carbocycles. The minimum Gasteiger partial charge on any atom is -0.159 e. The lowest BCUT2D eigenvalue weighted by Crippen LogP contribution is -1.98. The van der Waals surface area contributed by atoms with Gasteiger partial charge in [-0.2, -0.15) is 10.2 Å². The lowest BCUT2D eigenvalue weighted by atomic mass is 9.99. The van der Waals surface area contributed by atoms with E-state index in [1.807, 2.05) is 6.07 Å². The van der Waals surface area contributed by atoms with Crippen molar-refractivity contribution in [2.75, 3.05) is 0 Å². The number of unbranched alkanes of at least 4 members (excludes halogenated alkanes) is 4. The molecule has 0 aliphatic carbocycles. The Morgan fingerprint density at radius 2 is 2.00 bits per heavy atom. The van der Waals surface area contributed by atoms with E-state index in [0.717, 1.165) is 5.69 Å². The molecule has 2 heteroatoms. The van der Waals surface area contributed by atoms with Crippen LogP contribution in [-0.4, -0.2) is 10.2 Å². The molecule has 0 N–H and O–H groups in total. The van der Waals surface area contributed by atoms with Crippen LogP contribution in [0.5, 0.6) is 0 Å². The Hall–Kier alpha value is -0.920. The molecule has 1 atom stereocenters. The number of nitrogens with zero attached hydrogens (tertiary/aromatic N) is 2. The quantitative estimate of drug-likeness (QED) is 0.631. The summed E-state index contributed by atoms with van der Waals surface area (Å²) in [6.45, 7) is 4.49. The summed E-state index contributed by atoms with van der Waals surface area (Å²) >= 11 is 0. The van der Waals surface area contributed by atoms with Crippen molar-refractivity contribution in [1.82, 2.24) is 10.2 Å². The van der Waals surface area contributed by atoms with Crippen molar-refractivity contribution in [2.45, 2.75) is 58.3 Å². The van der Waals surface area contributed by atoms with Crippen LogP contribution < -0.4 is 0 Å². The summed E-state index contributed by atoms with van der Waals surface area (Å²) in [7, 11) is 0. The molecule has 0 aromatic carbocycles. The first-order valence-corrected chi connectivity index (χ1v) is 6.12. The Morgan fingerprint density at radius 1 is 1.20 bits per heavy atom. The highest BCUT2D eigenvalue weighted by atomic mass is 15.1. The van der Waals surface area contributed by atoms with E-state index in [-0.39, 0.29) is 0 Å². The molecule has 1 rings (SSSR count). The highest BCUT2D eigenvalue weighted by molar-refractivity contribution is 5.04. The van der Waals surface area contributed by atoms with Gasteiger partial charge < -0.3 is 0 Å². The summed E-state index contributed by atoms with van der Waals surface area (Å²) in [5.41, 5.74) is 1.13. The third kappa shape index (κ3) is 4.91. The van der Waals surface area contributed by atoms with Gasteiger partial charge in [0.15, 0.2) is 0 Å². The van der Waals surface area contributed by atoms with Crippen molar-refractivity contribution in [3.63, 3.8) is 0 Å². The van der Waals surface area contributed by atoms with Crippen molar-refractivity contribution >= 4 is 0 Å². The third-order valence-corrected chi connectivity index (χ3v) is 2.84. The van der Waals surface area contributed by atoms with Gasteiger partial charge in [-0.3, -0.25) is 0 Å². The molecule has 0 radical (unpaired) electrons. The largest absolute Gasteiger partial charge is 0.159 e. The zero-order valence-corrected chi connectivity index (χ0v) is 9.95. The van der Waals surface area contributed by atoms with Gasteiger partial charge in [-0.1, -0.05) is 46.0 Å². The first-order chi connectivity index (χ1) is 7.34. The second-order valence-electron chi connectivity index (χ2n) is 4.25. The van der Waals surface area contributed by atoms with Crippen LogP contribution in [0.1, 0.15) is 64.0 Å². The van der Waals surface area contributed by atoms with Crippen LogP contribution in [0.2, 0.25) is 0 Å². The van der Waals surface area contributed by atoms with Crippen LogP contribution in [0.25, 0.3) is 0 Å². The minimum atomic E-state index is 0.556. The molecule has 84 valence electrons. The monoisotopic (exact) mass is 206 g/mol. The predicted molar refractivity (Wildman–Crippen MR) is 63.8 cm³/mol. The van der Waals surface area contributed by atoms with Crippen molar-refractivity contribution in [3.8, 4) is 0 Å². The van der Waals surface area contributed by atoms with Crippen LogP contribution >= 0.6 is 0 Å². The fourth-order valence-corrected chi connectivity index (χ4v) is 1.78. The van der Waals surface area contributed by atoms with E-state index < -0.39 is 0 Å². The molecule has 0 amide bonds. The molecule has 2 nitrogen and oxygen atoms in total. The SMILES string of the molecule is CCCCCCCC(C)c1cccnn1. The van der Waals surface area contributed by atoms with Gasteiger partial charge in [0, 0.05) is 12.1 Å². The Morgan fingerprint density at radius 3 is 2.67 bits per heavy atom. The molecule has 1 unspecified atom stereocenters. The van der Waals surface area contributed by atoms with Gasteiger partial charge in [-0.25, -0.2) is 0 Å². The molecular weight excluding hydrogens is 184 g/mol. The summed E-state index contributed by atoms with van der Waals surface area (Å²) in [6.07, 6.45) is 9.72. The summed E-state index contributed by atoms with van der Waals surface area (Å²) in [5, 5.41) is 8.06. The first-order valence-electron chi connectivity index (χ1n) is 6.12. The lowest BCUT2D eigenvalue weighted by Gasteiger charge is -2.09. The zero-order valence-electron chi connectivity index (χ0n) is 9.95. The van der Waals surface area contributed by atoms with Crippen LogP contribution in [0.15, 0.2) is 18.3 Å². The van der Waals surface area contributed by atoms with Crippen LogP contribution in [0.3, 0.4) is 0 Å². The van der Waals surface area contributed by atoms with E-state index in [2.05, 4.69) is 30.1 Å². The summed E-state index contributed by atoms with van der Waals surface area (Å²) < 4.78 is 0. The molecule has 0 fully saturated rings. The van der Waals surface area contributed by atoms with Crippen molar-refractivity contribution in [3.05, 3.63) is 24.0 Å². The molecule has 15 heavy (non-hydrogen) atoms. The Labute approximate surface area is 93.1 Å². The number of hydrogen-bond donors (Lipinski definition) is 0. The molecule has 0 spiro atoms. The molecule has 1 heterocycles. The molecule has 1 aromatic rings. The maximum atomic E-state index is 4.14. The zero-order chi connectivity index (χ0) is 10.9. The summed E-state index contributed by atoms with van der Waals surface area (Å²) in [6, 6.07) is 4.04. The maximum Gasteiger partial charge on any atom is 0.0659 e. The van der Waals surface area contributed by atoms with Gasteiger partial charge in [-0.15, -0.1) is 0 Å². The van der Waals surface area contributed by atoms with E-state index in [4.69, 9.17) is 0 Å². The first kappa shape index (κ1) is 12.2. The van der Waals surface area contributed by atoms with Crippen LogP contribution in [-0.2, 0) is 0 Å². The average molecular weight is 206 g/mol. The molecule has 0 aliphatic heterocycles. The topological polar surface area (TPSA) is 25.8 Å². The van der Waals surface area contributed by atoms with Gasteiger partial charge in [-0.05, 0) is 18.6 Å². The minimum absolute atomic E-state index is 0.556. The highest BCUT2D eigenvalue weighted by Gasteiger charge is 2.05. The fraction of sp³-hybridized carbons (Fsp3) is 0.692.